The summed E-state index contributed by atoms with van der Waals surface area (Å²) in [7, 11) is 3.40. The molecule has 0 aliphatic heterocycles. The number of pyridine rings is 3. The van der Waals surface area contributed by atoms with Gasteiger partial charge in [0, 0.05) is 50.4 Å². The highest BCUT2D eigenvalue weighted by molar-refractivity contribution is 6.31. The van der Waals surface area contributed by atoms with Crippen LogP contribution in [-0.2, 0) is 6.61 Å². The van der Waals surface area contributed by atoms with E-state index in [4.69, 9.17) is 16.3 Å². The molecular formula is C25H26ClF3N4O3. The second kappa shape index (κ2) is 12.3. The van der Waals surface area contributed by atoms with Crippen molar-refractivity contribution in [2.75, 3.05) is 14.1 Å². The molecule has 7 nitrogen and oxygen atoms in total. The molecule has 11 heteroatoms. The van der Waals surface area contributed by atoms with Gasteiger partial charge < -0.3 is 9.64 Å². The van der Waals surface area contributed by atoms with Gasteiger partial charge in [-0.1, -0.05) is 25.4 Å². The van der Waals surface area contributed by atoms with Crippen molar-refractivity contribution in [2.24, 2.45) is 0 Å². The fraction of sp³-hybridized carbons (Fsp3) is 0.280. The van der Waals surface area contributed by atoms with E-state index in [2.05, 4.69) is 9.97 Å². The zero-order valence-corrected chi connectivity index (χ0v) is 21.5. The fourth-order valence-electron chi connectivity index (χ4n) is 3.07. The zero-order chi connectivity index (χ0) is 27.2. The summed E-state index contributed by atoms with van der Waals surface area (Å²) in [6.45, 7) is 6.62. The van der Waals surface area contributed by atoms with Crippen LogP contribution in [0.4, 0.5) is 13.2 Å². The Kier molecular flexibility index (Phi) is 9.80. The number of carbonyl (C=O) groups excluding carboxylic acids is 1. The van der Waals surface area contributed by atoms with Gasteiger partial charge in [0.15, 0.2) is 11.6 Å². The number of aryl methyl sites for hydroxylation is 2. The third-order valence-electron chi connectivity index (χ3n) is 4.71. The summed E-state index contributed by atoms with van der Waals surface area (Å²) in [6.07, 6.45) is 4.71. The maximum atomic E-state index is 15.4. The minimum Gasteiger partial charge on any atom is -0.485 e. The van der Waals surface area contributed by atoms with Crippen LogP contribution in [0.3, 0.4) is 0 Å². The Morgan fingerprint density at radius 3 is 2.42 bits per heavy atom. The van der Waals surface area contributed by atoms with Crippen LogP contribution in [0.25, 0.3) is 5.69 Å². The highest BCUT2D eigenvalue weighted by Gasteiger charge is 2.23. The third-order valence-corrected chi connectivity index (χ3v) is 5.05. The Labute approximate surface area is 211 Å². The maximum absolute atomic E-state index is 15.4. The fourth-order valence-corrected chi connectivity index (χ4v) is 3.26. The monoisotopic (exact) mass is 522 g/mol. The minimum absolute atomic E-state index is 0.0942. The highest BCUT2D eigenvalue weighted by atomic mass is 35.5. The van der Waals surface area contributed by atoms with Crippen molar-refractivity contribution in [3.8, 4) is 11.4 Å². The lowest BCUT2D eigenvalue weighted by Gasteiger charge is -2.17. The van der Waals surface area contributed by atoms with E-state index in [0.29, 0.717) is 6.07 Å². The van der Waals surface area contributed by atoms with Crippen LogP contribution in [0.2, 0.25) is 5.02 Å². The molecule has 3 rings (SSSR count). The van der Waals surface area contributed by atoms with Crippen LogP contribution in [0.1, 0.15) is 41.3 Å². The van der Waals surface area contributed by atoms with Crippen molar-refractivity contribution >= 4 is 17.4 Å². The second-order valence-electron chi connectivity index (χ2n) is 7.57. The summed E-state index contributed by atoms with van der Waals surface area (Å²) >= 11 is 6.19. The van der Waals surface area contributed by atoms with E-state index >= 15 is 4.39 Å². The van der Waals surface area contributed by atoms with Crippen molar-refractivity contribution in [2.45, 2.75) is 34.3 Å². The number of ether oxygens (including phenoxy) is 1. The first kappa shape index (κ1) is 28.6. The molecule has 3 aromatic heterocycles. The number of ketones is 1. The van der Waals surface area contributed by atoms with Crippen molar-refractivity contribution in [3.05, 3.63) is 92.3 Å². The quantitative estimate of drug-likeness (QED) is 0.314. The zero-order valence-electron chi connectivity index (χ0n) is 20.7. The molecule has 0 saturated carbocycles. The first-order valence-electron chi connectivity index (χ1n) is 10.9. The molecule has 192 valence electrons. The van der Waals surface area contributed by atoms with Crippen LogP contribution in [0.15, 0.2) is 41.6 Å². The van der Waals surface area contributed by atoms with Gasteiger partial charge in [0.25, 0.3) is 5.56 Å². The third kappa shape index (κ3) is 6.31. The lowest BCUT2D eigenvalue weighted by atomic mass is 10.1. The molecule has 0 fully saturated rings. The van der Waals surface area contributed by atoms with E-state index < -0.39 is 46.1 Å². The Balaban J connectivity index is 0.00000222. The van der Waals surface area contributed by atoms with Gasteiger partial charge in [-0.25, -0.2) is 18.2 Å². The largest absolute Gasteiger partial charge is 0.485 e. The standard InChI is InChI=1S/C23H20ClF3N4O3.C2H6/c1-12-9-29-21(17(32)5-6-30(3)4)20(27)22(12)31-13(2)7-18(19(24)23(31)33)34-11-16-15(26)8-14(25)10-28-16;1-2/h5-10H,11H2,1-4H3;1-2H3/b6-5+;. The molecule has 36 heavy (non-hydrogen) atoms. The minimum atomic E-state index is -0.985. The lowest BCUT2D eigenvalue weighted by Crippen LogP contribution is -2.25. The normalized spacial score (nSPS) is 10.7. The van der Waals surface area contributed by atoms with E-state index in [1.165, 1.54) is 32.3 Å². The van der Waals surface area contributed by atoms with Gasteiger partial charge in [-0.15, -0.1) is 0 Å². The van der Waals surface area contributed by atoms with E-state index in [1.807, 2.05) is 13.8 Å². The van der Waals surface area contributed by atoms with Crippen molar-refractivity contribution < 1.29 is 22.7 Å². The van der Waals surface area contributed by atoms with Gasteiger partial charge in [0.1, 0.15) is 34.6 Å². The van der Waals surface area contributed by atoms with Gasteiger partial charge in [-0.05, 0) is 19.4 Å². The van der Waals surface area contributed by atoms with Crippen LogP contribution in [-0.4, -0.2) is 39.3 Å². The SMILES string of the molecule is CC.Cc1cnc(C(=O)/C=C/N(C)C)c(F)c1-n1c(C)cc(OCc2ncc(F)cc2F)c(Cl)c1=O. The summed E-state index contributed by atoms with van der Waals surface area (Å²) in [5.41, 5.74) is -1.13. The van der Waals surface area contributed by atoms with Gasteiger partial charge in [0.2, 0.25) is 5.78 Å². The summed E-state index contributed by atoms with van der Waals surface area (Å²) < 4.78 is 48.7. The van der Waals surface area contributed by atoms with Gasteiger partial charge in [-0.3, -0.25) is 19.1 Å². The number of aromatic nitrogens is 3. The van der Waals surface area contributed by atoms with Crippen LogP contribution >= 0.6 is 11.6 Å². The number of nitrogens with zero attached hydrogens (tertiary/aromatic N) is 4. The van der Waals surface area contributed by atoms with Crippen LogP contribution < -0.4 is 10.3 Å². The molecule has 0 amide bonds. The Bertz CT molecular complexity index is 1360. The Morgan fingerprint density at radius 1 is 1.14 bits per heavy atom. The summed E-state index contributed by atoms with van der Waals surface area (Å²) in [6, 6.07) is 2.01. The number of allylic oxidation sites excluding steroid dienone is 1. The molecule has 3 heterocycles. The Morgan fingerprint density at radius 2 is 1.81 bits per heavy atom. The summed E-state index contributed by atoms with van der Waals surface area (Å²) in [5.74, 6) is -3.53. The molecule has 0 radical (unpaired) electrons. The number of carbonyl (C=O) groups is 1. The van der Waals surface area contributed by atoms with E-state index in [9.17, 15) is 18.4 Å². The average Bonchev–Trinajstić information content (AvgIpc) is 2.83. The van der Waals surface area contributed by atoms with Gasteiger partial charge >= 0.3 is 0 Å². The molecular weight excluding hydrogens is 497 g/mol. The number of halogens is 4. The Hall–Kier alpha value is -3.66. The number of hydrogen-bond donors (Lipinski definition) is 0. The first-order valence-corrected chi connectivity index (χ1v) is 11.3. The predicted molar refractivity (Wildman–Crippen MR) is 131 cm³/mol. The van der Waals surface area contributed by atoms with Crippen molar-refractivity contribution in [3.63, 3.8) is 0 Å². The summed E-state index contributed by atoms with van der Waals surface area (Å²) in [4.78, 5) is 34.6. The molecule has 0 atom stereocenters. The molecule has 0 spiro atoms. The predicted octanol–water partition coefficient (Wildman–Crippen LogP) is 5.18. The van der Waals surface area contributed by atoms with Crippen molar-refractivity contribution in [1.82, 2.24) is 19.4 Å². The molecule has 0 unspecified atom stereocenters. The van der Waals surface area contributed by atoms with Crippen molar-refractivity contribution in [1.29, 1.82) is 0 Å². The van der Waals surface area contributed by atoms with E-state index in [-0.39, 0.29) is 28.4 Å². The molecule has 0 N–H and O–H groups in total. The number of hydrogen-bond acceptors (Lipinski definition) is 6. The summed E-state index contributed by atoms with van der Waals surface area (Å²) in [5, 5.41) is -0.399. The molecule has 0 saturated heterocycles. The molecule has 0 aliphatic rings. The lowest BCUT2D eigenvalue weighted by molar-refractivity contribution is 0.103. The topological polar surface area (TPSA) is 77.3 Å². The van der Waals surface area contributed by atoms with E-state index in [1.54, 1.807) is 19.0 Å². The van der Waals surface area contributed by atoms with Crippen LogP contribution in [0.5, 0.6) is 5.75 Å². The second-order valence-corrected chi connectivity index (χ2v) is 7.95. The molecule has 0 bridgehead atoms. The first-order chi connectivity index (χ1) is 17.0. The number of rotatable bonds is 7. The molecule has 3 aromatic rings. The van der Waals surface area contributed by atoms with Crippen LogP contribution in [0, 0.1) is 31.3 Å². The average molecular weight is 523 g/mol. The smallest absolute Gasteiger partial charge is 0.278 e. The maximum Gasteiger partial charge on any atom is 0.278 e. The molecule has 0 aromatic carbocycles. The highest BCUT2D eigenvalue weighted by Crippen LogP contribution is 2.27. The van der Waals surface area contributed by atoms with Gasteiger partial charge in [-0.2, -0.15) is 0 Å². The van der Waals surface area contributed by atoms with Gasteiger partial charge in [0.05, 0.1) is 11.9 Å². The molecule has 0 aliphatic carbocycles. The van der Waals surface area contributed by atoms with E-state index in [0.717, 1.165) is 16.8 Å².